The molecule has 7 nitrogen and oxygen atoms in total. The molecule has 0 unspecified atom stereocenters. The van der Waals surface area contributed by atoms with Gasteiger partial charge in [-0.1, -0.05) is 12.1 Å². The Hall–Kier alpha value is -3.95. The number of nitrogens with one attached hydrogen (secondary N) is 1. The summed E-state index contributed by atoms with van der Waals surface area (Å²) in [6, 6.07) is 23.2. The van der Waals surface area contributed by atoms with E-state index in [-0.39, 0.29) is 11.5 Å². The Kier molecular flexibility index (Phi) is 8.62. The van der Waals surface area contributed by atoms with Crippen LogP contribution in [-0.2, 0) is 0 Å². The molecule has 0 aliphatic carbocycles. The number of aromatic nitrogens is 1. The topological polar surface area (TPSA) is 80.0 Å². The number of carbonyl (C=O) groups excluding carboxylic acids is 1. The van der Waals surface area contributed by atoms with E-state index < -0.39 is 0 Å². The SMILES string of the molecule is CCOc1ccc(-c2csc(-c3cc4ccc(N(CC)CC)cc4oc3=NNC(=O)c3ccccc3Br)n2)cc1. The van der Waals surface area contributed by atoms with E-state index in [4.69, 9.17) is 14.1 Å². The van der Waals surface area contributed by atoms with Crippen LogP contribution in [0, 0.1) is 0 Å². The van der Waals surface area contributed by atoms with Crippen LogP contribution in [0.1, 0.15) is 31.1 Å². The average Bonchev–Trinajstić information content (AvgIpc) is 3.47. The molecule has 2 aromatic heterocycles. The van der Waals surface area contributed by atoms with Gasteiger partial charge in [-0.25, -0.2) is 10.4 Å². The predicted molar refractivity (Wildman–Crippen MR) is 165 cm³/mol. The number of fused-ring (bicyclic) bond motifs is 1. The summed E-state index contributed by atoms with van der Waals surface area (Å²) in [5, 5.41) is 8.08. The quantitative estimate of drug-likeness (QED) is 0.174. The minimum Gasteiger partial charge on any atom is -0.494 e. The van der Waals surface area contributed by atoms with Crippen LogP contribution in [0.15, 0.2) is 92.2 Å². The van der Waals surface area contributed by atoms with Gasteiger partial charge in [0.15, 0.2) is 0 Å². The van der Waals surface area contributed by atoms with Crippen molar-refractivity contribution in [3.63, 3.8) is 0 Å². The summed E-state index contributed by atoms with van der Waals surface area (Å²) in [6.45, 7) is 8.59. The number of ether oxygens (including phenoxy) is 1. The summed E-state index contributed by atoms with van der Waals surface area (Å²) in [5.41, 5.74) is 7.65. The zero-order chi connectivity index (χ0) is 28.1. The summed E-state index contributed by atoms with van der Waals surface area (Å²) in [7, 11) is 0. The summed E-state index contributed by atoms with van der Waals surface area (Å²) >= 11 is 4.93. The highest BCUT2D eigenvalue weighted by Crippen LogP contribution is 2.31. The number of anilines is 1. The third-order valence-corrected chi connectivity index (χ3v) is 8.00. The molecule has 5 aromatic rings. The molecule has 5 rings (SSSR count). The molecule has 0 aliphatic rings. The molecule has 0 radical (unpaired) electrons. The molecule has 2 heterocycles. The van der Waals surface area contributed by atoms with E-state index in [0.717, 1.165) is 46.2 Å². The number of hydrogen-bond donors (Lipinski definition) is 1. The highest BCUT2D eigenvalue weighted by Gasteiger charge is 2.15. The second-order valence-corrected chi connectivity index (χ2v) is 10.6. The maximum absolute atomic E-state index is 12.9. The number of hydrogen-bond acceptors (Lipinski definition) is 7. The molecular formula is C31H29BrN4O3S. The first-order valence-electron chi connectivity index (χ1n) is 13.1. The summed E-state index contributed by atoms with van der Waals surface area (Å²) in [5.74, 6) is 0.473. The van der Waals surface area contributed by atoms with Crippen LogP contribution in [0.5, 0.6) is 5.75 Å². The number of benzene rings is 3. The van der Waals surface area contributed by atoms with Gasteiger partial charge in [-0.2, -0.15) is 0 Å². The van der Waals surface area contributed by atoms with E-state index in [2.05, 4.69) is 51.3 Å². The Morgan fingerprint density at radius 2 is 1.82 bits per heavy atom. The minimum atomic E-state index is -0.347. The van der Waals surface area contributed by atoms with Crippen molar-refractivity contribution in [1.29, 1.82) is 0 Å². The van der Waals surface area contributed by atoms with Gasteiger partial charge in [0.1, 0.15) is 16.3 Å². The second-order valence-electron chi connectivity index (χ2n) is 8.89. The average molecular weight is 618 g/mol. The largest absolute Gasteiger partial charge is 0.494 e. The smallest absolute Gasteiger partial charge is 0.272 e. The molecular weight excluding hydrogens is 588 g/mol. The van der Waals surface area contributed by atoms with Crippen LogP contribution < -0.4 is 20.6 Å². The summed E-state index contributed by atoms with van der Waals surface area (Å²) in [4.78, 5) is 20.1. The van der Waals surface area contributed by atoms with Gasteiger partial charge < -0.3 is 14.1 Å². The van der Waals surface area contributed by atoms with Crippen LogP contribution in [0.3, 0.4) is 0 Å². The molecule has 9 heteroatoms. The Morgan fingerprint density at radius 1 is 1.05 bits per heavy atom. The van der Waals surface area contributed by atoms with Crippen molar-refractivity contribution in [1.82, 2.24) is 10.4 Å². The highest BCUT2D eigenvalue weighted by molar-refractivity contribution is 9.10. The fourth-order valence-electron chi connectivity index (χ4n) is 4.35. The first kappa shape index (κ1) is 27.6. The summed E-state index contributed by atoms with van der Waals surface area (Å²) < 4.78 is 12.6. The van der Waals surface area contributed by atoms with Crippen molar-refractivity contribution in [3.05, 3.63) is 93.8 Å². The zero-order valence-corrected chi connectivity index (χ0v) is 24.9. The Morgan fingerprint density at radius 3 is 2.55 bits per heavy atom. The zero-order valence-electron chi connectivity index (χ0n) is 22.5. The number of nitrogens with zero attached hydrogens (tertiary/aromatic N) is 3. The van der Waals surface area contributed by atoms with E-state index in [1.807, 2.05) is 66.9 Å². The third kappa shape index (κ3) is 5.95. The Labute approximate surface area is 245 Å². The molecule has 1 amide bonds. The van der Waals surface area contributed by atoms with Crippen LogP contribution in [-0.4, -0.2) is 30.6 Å². The number of amides is 1. The van der Waals surface area contributed by atoms with Crippen LogP contribution >= 0.6 is 27.3 Å². The van der Waals surface area contributed by atoms with Crippen molar-refractivity contribution in [3.8, 4) is 27.6 Å². The third-order valence-electron chi connectivity index (χ3n) is 6.44. The van der Waals surface area contributed by atoms with Gasteiger partial charge in [-0.05, 0) is 91.3 Å². The van der Waals surface area contributed by atoms with E-state index in [1.54, 1.807) is 12.1 Å². The Bertz CT molecular complexity index is 1710. The number of rotatable bonds is 9. The first-order valence-corrected chi connectivity index (χ1v) is 14.8. The molecule has 0 aliphatic heterocycles. The van der Waals surface area contributed by atoms with Crippen LogP contribution in [0.2, 0.25) is 0 Å². The lowest BCUT2D eigenvalue weighted by atomic mass is 10.1. The van der Waals surface area contributed by atoms with Crippen molar-refractivity contribution in [2.24, 2.45) is 5.10 Å². The lowest BCUT2D eigenvalue weighted by Crippen LogP contribution is -2.23. The van der Waals surface area contributed by atoms with Gasteiger partial charge in [-0.3, -0.25) is 4.79 Å². The molecule has 204 valence electrons. The van der Waals surface area contributed by atoms with E-state index in [9.17, 15) is 4.79 Å². The van der Waals surface area contributed by atoms with Crippen LogP contribution in [0.25, 0.3) is 32.8 Å². The van der Waals surface area contributed by atoms with Gasteiger partial charge in [0, 0.05) is 45.6 Å². The summed E-state index contributed by atoms with van der Waals surface area (Å²) in [6.07, 6.45) is 0. The normalized spacial score (nSPS) is 11.6. The molecule has 0 spiro atoms. The lowest BCUT2D eigenvalue weighted by Gasteiger charge is -2.21. The molecule has 0 saturated heterocycles. The number of thiazole rings is 1. The molecule has 3 aromatic carbocycles. The fraction of sp³-hybridized carbons (Fsp3) is 0.194. The second kappa shape index (κ2) is 12.5. The van der Waals surface area contributed by atoms with Crippen molar-refractivity contribution < 1.29 is 13.9 Å². The van der Waals surface area contributed by atoms with E-state index >= 15 is 0 Å². The van der Waals surface area contributed by atoms with Crippen molar-refractivity contribution in [2.45, 2.75) is 20.8 Å². The molecule has 0 atom stereocenters. The van der Waals surface area contributed by atoms with Gasteiger partial charge >= 0.3 is 0 Å². The van der Waals surface area contributed by atoms with Gasteiger partial charge in [0.2, 0.25) is 5.55 Å². The van der Waals surface area contributed by atoms with Gasteiger partial charge in [0.05, 0.1) is 23.4 Å². The monoisotopic (exact) mass is 616 g/mol. The number of carbonyl (C=O) groups is 1. The van der Waals surface area contributed by atoms with Gasteiger partial charge in [-0.15, -0.1) is 16.4 Å². The maximum Gasteiger partial charge on any atom is 0.272 e. The lowest BCUT2D eigenvalue weighted by molar-refractivity contribution is 0.0950. The minimum absolute atomic E-state index is 0.275. The molecule has 40 heavy (non-hydrogen) atoms. The van der Waals surface area contributed by atoms with Crippen molar-refractivity contribution >= 4 is 49.8 Å². The van der Waals surface area contributed by atoms with Crippen molar-refractivity contribution in [2.75, 3.05) is 24.6 Å². The molecule has 0 fully saturated rings. The molecule has 0 saturated carbocycles. The van der Waals surface area contributed by atoms with E-state index in [1.165, 1.54) is 11.3 Å². The molecule has 1 N–H and O–H groups in total. The first-order chi connectivity index (χ1) is 19.5. The van der Waals surface area contributed by atoms with Crippen LogP contribution in [0.4, 0.5) is 5.69 Å². The highest BCUT2D eigenvalue weighted by atomic mass is 79.9. The fourth-order valence-corrected chi connectivity index (χ4v) is 5.66. The number of halogens is 1. The standard InChI is InChI=1S/C31H29BrN4O3S/c1-4-36(5-2)22-14-11-21-17-25(31-33-27(19-40-31)20-12-15-23(16-13-20)38-6-3)30(39-28(21)18-22)35-34-29(37)24-9-7-8-10-26(24)32/h7-19H,4-6H2,1-3H3,(H,34,37). The predicted octanol–water partition coefficient (Wildman–Crippen LogP) is 7.48. The molecule has 0 bridgehead atoms. The van der Waals surface area contributed by atoms with Gasteiger partial charge in [0.25, 0.3) is 5.91 Å². The van der Waals surface area contributed by atoms with E-state index in [0.29, 0.717) is 27.8 Å². The maximum atomic E-state index is 12.9. The Balaban J connectivity index is 1.58.